The molecule has 3 heterocycles. The molecule has 6 nitrogen and oxygen atoms in total. The summed E-state index contributed by atoms with van der Waals surface area (Å²) in [4.78, 5) is 14.5. The molecule has 0 amide bonds. The average molecular weight is 414 g/mol. The number of nitrogens with one attached hydrogen (secondary N) is 1. The largest absolute Gasteiger partial charge is 0.493 e. The van der Waals surface area contributed by atoms with Gasteiger partial charge in [0, 0.05) is 22.5 Å². The molecule has 148 valence electrons. The second-order valence-corrected chi connectivity index (χ2v) is 7.49. The molecule has 0 aliphatic carbocycles. The van der Waals surface area contributed by atoms with E-state index in [1.807, 2.05) is 48.5 Å². The van der Waals surface area contributed by atoms with Crippen LogP contribution in [0.2, 0.25) is 0 Å². The first-order valence-electron chi connectivity index (χ1n) is 9.34. The first-order chi connectivity index (χ1) is 14.8. The number of hydrogen-bond donors (Lipinski definition) is 1. The van der Waals surface area contributed by atoms with Crippen molar-refractivity contribution in [1.29, 1.82) is 0 Å². The van der Waals surface area contributed by atoms with Gasteiger partial charge in [-0.3, -0.25) is 4.98 Å². The summed E-state index contributed by atoms with van der Waals surface area (Å²) in [5.41, 5.74) is 3.84. The number of para-hydroxylation sites is 1. The van der Waals surface area contributed by atoms with E-state index in [4.69, 9.17) is 9.47 Å². The number of thiophene rings is 1. The molecule has 0 fully saturated rings. The summed E-state index contributed by atoms with van der Waals surface area (Å²) >= 11 is 1.58. The maximum Gasteiger partial charge on any atom is 0.161 e. The van der Waals surface area contributed by atoms with Crippen LogP contribution in [0.4, 0.5) is 11.5 Å². The lowest BCUT2D eigenvalue weighted by Crippen LogP contribution is -1.97. The SMILES string of the molecule is COc1ccc(-c2csc3ncnc(Nc4cccc5cccnc45)c23)cc1OC. The van der Waals surface area contributed by atoms with E-state index in [0.29, 0.717) is 11.5 Å². The van der Waals surface area contributed by atoms with Crippen LogP contribution in [-0.4, -0.2) is 29.2 Å². The number of rotatable bonds is 5. The summed E-state index contributed by atoms with van der Waals surface area (Å²) in [6.45, 7) is 0. The fourth-order valence-electron chi connectivity index (χ4n) is 3.52. The van der Waals surface area contributed by atoms with E-state index in [1.165, 1.54) is 0 Å². The molecule has 3 aromatic heterocycles. The lowest BCUT2D eigenvalue weighted by Gasteiger charge is -2.12. The third-order valence-electron chi connectivity index (χ3n) is 4.95. The van der Waals surface area contributed by atoms with E-state index in [-0.39, 0.29) is 0 Å². The second kappa shape index (κ2) is 7.61. The molecule has 0 aliphatic rings. The number of pyridine rings is 1. The Hall–Kier alpha value is -3.71. The Morgan fingerprint density at radius 2 is 1.77 bits per heavy atom. The Kier molecular flexibility index (Phi) is 4.65. The Morgan fingerprint density at radius 3 is 2.63 bits per heavy atom. The smallest absolute Gasteiger partial charge is 0.161 e. The van der Waals surface area contributed by atoms with Crippen LogP contribution in [0.15, 0.2) is 66.4 Å². The van der Waals surface area contributed by atoms with Crippen molar-refractivity contribution in [3.63, 3.8) is 0 Å². The number of benzene rings is 2. The molecule has 0 bridgehead atoms. The van der Waals surface area contributed by atoms with Crippen molar-refractivity contribution in [3.8, 4) is 22.6 Å². The third kappa shape index (κ3) is 3.09. The molecule has 7 heteroatoms. The minimum Gasteiger partial charge on any atom is -0.493 e. The Labute approximate surface area is 177 Å². The third-order valence-corrected chi connectivity index (χ3v) is 5.84. The molecule has 0 aliphatic heterocycles. The predicted molar refractivity (Wildman–Crippen MR) is 121 cm³/mol. The lowest BCUT2D eigenvalue weighted by molar-refractivity contribution is 0.355. The first kappa shape index (κ1) is 18.3. The quantitative estimate of drug-likeness (QED) is 0.400. The van der Waals surface area contributed by atoms with E-state index in [0.717, 1.165) is 43.8 Å². The number of anilines is 2. The minimum absolute atomic E-state index is 0.680. The zero-order valence-corrected chi connectivity index (χ0v) is 17.2. The number of methoxy groups -OCH3 is 2. The molecule has 0 saturated carbocycles. The van der Waals surface area contributed by atoms with Gasteiger partial charge in [0.25, 0.3) is 0 Å². The van der Waals surface area contributed by atoms with Crippen LogP contribution in [0.25, 0.3) is 32.2 Å². The maximum atomic E-state index is 5.48. The van der Waals surface area contributed by atoms with Gasteiger partial charge in [-0.25, -0.2) is 9.97 Å². The zero-order chi connectivity index (χ0) is 20.5. The van der Waals surface area contributed by atoms with Gasteiger partial charge >= 0.3 is 0 Å². The van der Waals surface area contributed by atoms with Crippen molar-refractivity contribution in [1.82, 2.24) is 15.0 Å². The topological polar surface area (TPSA) is 69.2 Å². The van der Waals surface area contributed by atoms with Gasteiger partial charge in [-0.2, -0.15) is 0 Å². The highest BCUT2D eigenvalue weighted by Gasteiger charge is 2.16. The monoisotopic (exact) mass is 414 g/mol. The van der Waals surface area contributed by atoms with Gasteiger partial charge in [0.05, 0.1) is 30.8 Å². The molecule has 0 unspecified atom stereocenters. The number of nitrogens with zero attached hydrogens (tertiary/aromatic N) is 3. The van der Waals surface area contributed by atoms with E-state index < -0.39 is 0 Å². The summed E-state index contributed by atoms with van der Waals surface area (Å²) in [7, 11) is 3.27. The van der Waals surface area contributed by atoms with Gasteiger partial charge in [-0.1, -0.05) is 24.3 Å². The first-order valence-corrected chi connectivity index (χ1v) is 10.2. The molecule has 1 N–H and O–H groups in total. The van der Waals surface area contributed by atoms with Gasteiger partial charge in [0.1, 0.15) is 17.0 Å². The van der Waals surface area contributed by atoms with Crippen molar-refractivity contribution in [2.24, 2.45) is 0 Å². The van der Waals surface area contributed by atoms with Crippen molar-refractivity contribution in [2.45, 2.75) is 0 Å². The predicted octanol–water partition coefficient (Wildman–Crippen LogP) is 5.67. The molecule has 5 rings (SSSR count). The van der Waals surface area contributed by atoms with E-state index in [1.54, 1.807) is 38.1 Å². The van der Waals surface area contributed by atoms with Crippen molar-refractivity contribution in [2.75, 3.05) is 19.5 Å². The van der Waals surface area contributed by atoms with Crippen molar-refractivity contribution < 1.29 is 9.47 Å². The summed E-state index contributed by atoms with van der Waals surface area (Å²) in [6.07, 6.45) is 3.38. The zero-order valence-electron chi connectivity index (χ0n) is 16.4. The fraction of sp³-hybridized carbons (Fsp3) is 0.0870. The molecular formula is C23H18N4O2S. The Balaban J connectivity index is 1.65. The normalized spacial score (nSPS) is 11.0. The second-order valence-electron chi connectivity index (χ2n) is 6.63. The van der Waals surface area contributed by atoms with Crippen LogP contribution in [-0.2, 0) is 0 Å². The Bertz CT molecular complexity index is 1360. The molecule has 0 atom stereocenters. The average Bonchev–Trinajstić information content (AvgIpc) is 3.24. The molecule has 5 aromatic rings. The van der Waals surface area contributed by atoms with Crippen LogP contribution in [0, 0.1) is 0 Å². The van der Waals surface area contributed by atoms with Crippen molar-refractivity contribution >= 4 is 44.0 Å². The standard InChI is InChI=1S/C23H18N4O2S/c1-28-18-9-8-15(11-19(18)29-2)16-12-30-23-20(16)22(25-13-26-23)27-17-7-3-5-14-6-4-10-24-21(14)17/h3-13H,1-2H3,(H,25,26,27). The van der Waals surface area contributed by atoms with Crippen LogP contribution in [0.1, 0.15) is 0 Å². The Morgan fingerprint density at radius 1 is 0.900 bits per heavy atom. The lowest BCUT2D eigenvalue weighted by atomic mass is 10.1. The summed E-state index contributed by atoms with van der Waals surface area (Å²) in [5.74, 6) is 2.11. The fourth-order valence-corrected chi connectivity index (χ4v) is 4.43. The molecule has 2 aromatic carbocycles. The molecule has 0 radical (unpaired) electrons. The number of hydrogen-bond acceptors (Lipinski definition) is 7. The van der Waals surface area contributed by atoms with Gasteiger partial charge in [-0.05, 0) is 29.8 Å². The minimum atomic E-state index is 0.680. The van der Waals surface area contributed by atoms with E-state index >= 15 is 0 Å². The van der Waals surface area contributed by atoms with Gasteiger partial charge in [0.2, 0.25) is 0 Å². The number of aromatic nitrogens is 3. The van der Waals surface area contributed by atoms with Crippen LogP contribution in [0.3, 0.4) is 0 Å². The summed E-state index contributed by atoms with van der Waals surface area (Å²) in [6, 6.07) is 15.9. The molecule has 30 heavy (non-hydrogen) atoms. The van der Waals surface area contributed by atoms with Gasteiger partial charge in [-0.15, -0.1) is 11.3 Å². The van der Waals surface area contributed by atoms with E-state index in [9.17, 15) is 0 Å². The highest BCUT2D eigenvalue weighted by Crippen LogP contribution is 2.40. The molecular weight excluding hydrogens is 396 g/mol. The van der Waals surface area contributed by atoms with Gasteiger partial charge in [0.15, 0.2) is 11.5 Å². The number of ether oxygens (including phenoxy) is 2. The molecule has 0 spiro atoms. The summed E-state index contributed by atoms with van der Waals surface area (Å²) in [5, 5.41) is 7.59. The highest BCUT2D eigenvalue weighted by atomic mass is 32.1. The summed E-state index contributed by atoms with van der Waals surface area (Å²) < 4.78 is 10.9. The van der Waals surface area contributed by atoms with E-state index in [2.05, 4.69) is 25.6 Å². The van der Waals surface area contributed by atoms with Crippen LogP contribution >= 0.6 is 11.3 Å². The van der Waals surface area contributed by atoms with Gasteiger partial charge < -0.3 is 14.8 Å². The van der Waals surface area contributed by atoms with Crippen LogP contribution < -0.4 is 14.8 Å². The number of fused-ring (bicyclic) bond motifs is 2. The maximum absolute atomic E-state index is 5.48. The highest BCUT2D eigenvalue weighted by molar-refractivity contribution is 7.17. The van der Waals surface area contributed by atoms with Crippen LogP contribution in [0.5, 0.6) is 11.5 Å². The molecule has 0 saturated heterocycles. The van der Waals surface area contributed by atoms with Crippen molar-refractivity contribution in [3.05, 3.63) is 66.4 Å².